The number of rotatable bonds is 5. The number of hydrogen-bond donors (Lipinski definition) is 1. The van der Waals surface area contributed by atoms with Gasteiger partial charge < -0.3 is 9.88 Å². The Bertz CT molecular complexity index is 1550. The fraction of sp³-hybridized carbons (Fsp3) is 0.179. The van der Waals surface area contributed by atoms with Crippen LogP contribution >= 0.6 is 0 Å². The fourth-order valence-electron chi connectivity index (χ4n) is 4.07. The number of carbonyl (C=O) groups excluding carboxylic acids is 1. The van der Waals surface area contributed by atoms with E-state index >= 15 is 0 Å². The van der Waals surface area contributed by atoms with Crippen molar-refractivity contribution in [3.05, 3.63) is 99.6 Å². The van der Waals surface area contributed by atoms with E-state index in [-0.39, 0.29) is 17.5 Å². The third-order valence-corrected chi connectivity index (χ3v) is 5.90. The van der Waals surface area contributed by atoms with E-state index in [0.29, 0.717) is 16.8 Å². The van der Waals surface area contributed by atoms with Crippen molar-refractivity contribution in [2.24, 2.45) is 7.05 Å². The van der Waals surface area contributed by atoms with Crippen LogP contribution in [0.4, 0.5) is 18.9 Å². The summed E-state index contributed by atoms with van der Waals surface area (Å²) in [7, 11) is 1.70. The molecule has 1 amide bonds. The molecule has 1 N–H and O–H groups in total. The molecule has 2 heterocycles. The Morgan fingerprint density at radius 1 is 1.08 bits per heavy atom. The molecule has 4 aromatic rings. The summed E-state index contributed by atoms with van der Waals surface area (Å²) in [6, 6.07) is 13.5. The number of fused-ring (bicyclic) bond motifs is 1. The molecule has 0 atom stereocenters. The lowest BCUT2D eigenvalue weighted by molar-refractivity contribution is -0.137. The van der Waals surface area contributed by atoms with Gasteiger partial charge in [-0.25, -0.2) is 0 Å². The number of amides is 1. The van der Waals surface area contributed by atoms with Gasteiger partial charge in [0, 0.05) is 29.9 Å². The molecule has 8 heteroatoms. The first-order chi connectivity index (χ1) is 17.1. The predicted molar refractivity (Wildman–Crippen MR) is 136 cm³/mol. The molecule has 0 aliphatic heterocycles. The second-order valence-corrected chi connectivity index (χ2v) is 8.54. The molecule has 0 saturated carbocycles. The molecular formula is C28H24F3N3O2. The van der Waals surface area contributed by atoms with Crippen molar-refractivity contribution >= 4 is 28.6 Å². The number of pyridine rings is 2. The number of alkyl halides is 3. The van der Waals surface area contributed by atoms with E-state index in [1.54, 1.807) is 42.1 Å². The highest BCUT2D eigenvalue weighted by Crippen LogP contribution is 2.30. The maximum absolute atomic E-state index is 13.2. The molecule has 0 radical (unpaired) electrons. The van der Waals surface area contributed by atoms with Crippen LogP contribution in [0.1, 0.15) is 29.3 Å². The number of hydrogen-bond acceptors (Lipinski definition) is 3. The Labute approximate surface area is 205 Å². The molecule has 184 valence electrons. The van der Waals surface area contributed by atoms with E-state index in [0.717, 1.165) is 34.3 Å². The number of nitrogens with one attached hydrogen (secondary N) is 1. The number of nitrogens with zero attached hydrogens (tertiary/aromatic N) is 2. The van der Waals surface area contributed by atoms with Crippen molar-refractivity contribution in [3.63, 3.8) is 0 Å². The van der Waals surface area contributed by atoms with Gasteiger partial charge in [0.1, 0.15) is 0 Å². The lowest BCUT2D eigenvalue weighted by Crippen LogP contribution is -2.20. The zero-order chi connectivity index (χ0) is 26.0. The monoisotopic (exact) mass is 491 g/mol. The smallest absolute Gasteiger partial charge is 0.326 e. The van der Waals surface area contributed by atoms with Crippen LogP contribution in [0.5, 0.6) is 0 Å². The maximum atomic E-state index is 13.2. The van der Waals surface area contributed by atoms with E-state index in [1.807, 2.05) is 32.1 Å². The highest BCUT2D eigenvalue weighted by molar-refractivity contribution is 5.93. The summed E-state index contributed by atoms with van der Waals surface area (Å²) in [4.78, 5) is 30.2. The topological polar surface area (TPSA) is 64.0 Å². The summed E-state index contributed by atoms with van der Waals surface area (Å²) >= 11 is 0. The Kier molecular flexibility index (Phi) is 6.79. The van der Waals surface area contributed by atoms with E-state index < -0.39 is 17.6 Å². The third kappa shape index (κ3) is 5.22. The van der Waals surface area contributed by atoms with Crippen molar-refractivity contribution in [1.29, 1.82) is 0 Å². The average Bonchev–Trinajstić information content (AvgIpc) is 2.83. The normalized spacial score (nSPS) is 11.8. The standard InChI is InChI=1S/C28H24F3N3O2/c1-4-6-21-15-25-19(16-32-21)13-24(27(36)34(25)3)23-14-22(10-9-17(23)2)33-26(35)12-18-7-5-8-20(11-18)28(29,30)31/h4-11,13-16H,12H2,1-3H3,(H,33,35)/b6-4+. The minimum absolute atomic E-state index is 0.198. The van der Waals surface area contributed by atoms with Crippen molar-refractivity contribution < 1.29 is 18.0 Å². The summed E-state index contributed by atoms with van der Waals surface area (Å²) in [5.41, 5.74) is 3.12. The second-order valence-electron chi connectivity index (χ2n) is 8.54. The molecule has 2 aromatic heterocycles. The summed E-state index contributed by atoms with van der Waals surface area (Å²) in [5.74, 6) is -0.462. The van der Waals surface area contributed by atoms with Crippen molar-refractivity contribution in [3.8, 4) is 11.1 Å². The average molecular weight is 492 g/mol. The Balaban J connectivity index is 1.64. The van der Waals surface area contributed by atoms with E-state index in [2.05, 4.69) is 10.3 Å². The van der Waals surface area contributed by atoms with Gasteiger partial charge in [0.25, 0.3) is 5.56 Å². The van der Waals surface area contributed by atoms with Gasteiger partial charge in [-0.3, -0.25) is 14.6 Å². The van der Waals surface area contributed by atoms with Gasteiger partial charge in [0.15, 0.2) is 0 Å². The van der Waals surface area contributed by atoms with Gasteiger partial charge in [-0.15, -0.1) is 0 Å². The molecule has 0 unspecified atom stereocenters. The summed E-state index contributed by atoms with van der Waals surface area (Å²) in [5, 5.41) is 3.52. The lowest BCUT2D eigenvalue weighted by atomic mass is 9.99. The minimum atomic E-state index is -4.48. The van der Waals surface area contributed by atoms with E-state index in [9.17, 15) is 22.8 Å². The Morgan fingerprint density at radius 2 is 1.86 bits per heavy atom. The van der Waals surface area contributed by atoms with Gasteiger partial charge in [-0.1, -0.05) is 30.3 Å². The SMILES string of the molecule is C/C=C/c1cc2c(cn1)cc(-c1cc(NC(=O)Cc3cccc(C(F)(F)F)c3)ccc1C)c(=O)n2C. The molecular weight excluding hydrogens is 467 g/mol. The fourth-order valence-corrected chi connectivity index (χ4v) is 4.07. The van der Waals surface area contributed by atoms with Gasteiger partial charge in [0.2, 0.25) is 5.91 Å². The molecule has 0 bridgehead atoms. The first-order valence-corrected chi connectivity index (χ1v) is 11.3. The van der Waals surface area contributed by atoms with Crippen molar-refractivity contribution in [2.75, 3.05) is 5.32 Å². The van der Waals surface area contributed by atoms with Crippen LogP contribution in [0, 0.1) is 6.92 Å². The van der Waals surface area contributed by atoms with Crippen LogP contribution < -0.4 is 10.9 Å². The van der Waals surface area contributed by atoms with Gasteiger partial charge in [0.05, 0.1) is 23.2 Å². The number of carbonyl (C=O) groups is 1. The number of aromatic nitrogens is 2. The Hall–Kier alpha value is -4.20. The molecule has 0 aliphatic rings. The van der Waals surface area contributed by atoms with Crippen molar-refractivity contribution in [2.45, 2.75) is 26.4 Å². The summed E-state index contributed by atoms with van der Waals surface area (Å²) in [6.07, 6.45) is 0.743. The van der Waals surface area contributed by atoms with Crippen LogP contribution in [-0.4, -0.2) is 15.5 Å². The van der Waals surface area contributed by atoms with Gasteiger partial charge >= 0.3 is 6.18 Å². The number of allylic oxidation sites excluding steroid dienone is 1. The molecule has 5 nitrogen and oxygen atoms in total. The largest absolute Gasteiger partial charge is 0.416 e. The molecule has 0 fully saturated rings. The maximum Gasteiger partial charge on any atom is 0.416 e. The highest BCUT2D eigenvalue weighted by Gasteiger charge is 2.30. The second kappa shape index (κ2) is 9.81. The zero-order valence-corrected chi connectivity index (χ0v) is 20.0. The van der Waals surface area contributed by atoms with Crippen LogP contribution in [-0.2, 0) is 24.4 Å². The minimum Gasteiger partial charge on any atom is -0.326 e. The number of benzene rings is 2. The molecule has 0 saturated heterocycles. The zero-order valence-electron chi connectivity index (χ0n) is 20.0. The van der Waals surface area contributed by atoms with Crippen LogP contribution in [0.2, 0.25) is 0 Å². The van der Waals surface area contributed by atoms with Gasteiger partial charge in [-0.05, 0) is 66.9 Å². The Morgan fingerprint density at radius 3 is 2.58 bits per heavy atom. The van der Waals surface area contributed by atoms with Gasteiger partial charge in [-0.2, -0.15) is 13.2 Å². The van der Waals surface area contributed by atoms with Crippen LogP contribution in [0.15, 0.2) is 71.7 Å². The molecule has 4 rings (SSSR count). The summed E-state index contributed by atoms with van der Waals surface area (Å²) in [6.45, 7) is 3.75. The lowest BCUT2D eigenvalue weighted by Gasteiger charge is -2.13. The summed E-state index contributed by atoms with van der Waals surface area (Å²) < 4.78 is 40.5. The number of halogens is 3. The molecule has 0 spiro atoms. The first kappa shape index (κ1) is 24.9. The quantitative estimate of drug-likeness (QED) is 0.365. The van der Waals surface area contributed by atoms with Crippen molar-refractivity contribution in [1.82, 2.24) is 9.55 Å². The van der Waals surface area contributed by atoms with E-state index in [4.69, 9.17) is 0 Å². The molecule has 2 aromatic carbocycles. The molecule has 0 aliphatic carbocycles. The van der Waals surface area contributed by atoms with Crippen LogP contribution in [0.3, 0.4) is 0 Å². The number of anilines is 1. The van der Waals surface area contributed by atoms with E-state index in [1.165, 1.54) is 12.1 Å². The third-order valence-electron chi connectivity index (χ3n) is 5.90. The molecule has 36 heavy (non-hydrogen) atoms. The number of aryl methyl sites for hydroxylation is 2. The van der Waals surface area contributed by atoms with Crippen LogP contribution in [0.25, 0.3) is 28.1 Å². The first-order valence-electron chi connectivity index (χ1n) is 11.3. The predicted octanol–water partition coefficient (Wildman–Crippen LogP) is 6.14. The highest BCUT2D eigenvalue weighted by atomic mass is 19.4.